The van der Waals surface area contributed by atoms with Gasteiger partial charge in [0.1, 0.15) is 0 Å². The molecular formula is C135H103ClN6. The van der Waals surface area contributed by atoms with E-state index in [1.165, 1.54) is 104 Å². The smallest absolute Gasteiger partial charge is 0.0619 e. The lowest BCUT2D eigenvalue weighted by atomic mass is 9.82. The number of nitrogens with one attached hydrogen (secondary N) is 1. The van der Waals surface area contributed by atoms with Crippen molar-refractivity contribution in [1.29, 1.82) is 0 Å². The molecule has 142 heavy (non-hydrogen) atoms. The Hall–Kier alpha value is -17.6. The van der Waals surface area contributed by atoms with E-state index < -0.39 is 0 Å². The van der Waals surface area contributed by atoms with E-state index in [1.54, 1.807) is 0 Å². The normalized spacial score (nSPS) is 12.3. The summed E-state index contributed by atoms with van der Waals surface area (Å²) in [6, 6.07) is 188. The van der Waals surface area contributed by atoms with Crippen molar-refractivity contribution in [2.75, 3.05) is 20.0 Å². The Bertz CT molecular complexity index is 8710. The predicted molar refractivity (Wildman–Crippen MR) is 605 cm³/mol. The average Bonchev–Trinajstić information content (AvgIpc) is 1.56. The van der Waals surface area contributed by atoms with E-state index in [-0.39, 0.29) is 18.3 Å². The number of hydrogen-bond acceptors (Lipinski definition) is 4. The maximum atomic E-state index is 7.09. The van der Waals surface area contributed by atoms with Gasteiger partial charge >= 0.3 is 0 Å². The van der Waals surface area contributed by atoms with Crippen LogP contribution in [0.4, 0.5) is 62.6 Å². The molecule has 2 heterocycles. The second kappa shape index (κ2) is 37.4. The molecule has 0 spiro atoms. The van der Waals surface area contributed by atoms with Crippen LogP contribution in [0.5, 0.6) is 0 Å². The van der Waals surface area contributed by atoms with E-state index in [0.717, 1.165) is 124 Å². The first-order valence-electron chi connectivity index (χ1n) is 48.5. The van der Waals surface area contributed by atoms with Gasteiger partial charge in [0.05, 0.1) is 22.1 Å². The Morgan fingerprint density at radius 2 is 0.542 bits per heavy atom. The van der Waals surface area contributed by atoms with Gasteiger partial charge in [-0.15, -0.1) is 0 Å². The third kappa shape index (κ3) is 16.1. The van der Waals surface area contributed by atoms with E-state index in [9.17, 15) is 0 Å². The number of rotatable bonds is 17. The second-order valence-electron chi connectivity index (χ2n) is 37.7. The SMILES string of the molecule is C.CC1(C)c2ccccc2-c2ccc(N(c3ccccc3)c3cc(-c4cc(-c5ccccc5)cc5c4c4ccc6ccccc6c4n5-c4ccccc4)cc(N(c4ccccc4)c4ccccc4)c3)cc21.CC1(C)c2ccccc2-c2ccc(Nc3ccccc3)cc21.Clc1cc(-c2cc(-c3ccccc3)cc3c2c2ccc4ccccc4c2n3-c2ccccc2)cc(N(c2ccccc2)c2ccccc2)c1. The lowest BCUT2D eigenvalue weighted by molar-refractivity contribution is 0.660. The molecule has 0 atom stereocenters. The number of aromatic nitrogens is 2. The third-order valence-electron chi connectivity index (χ3n) is 28.5. The second-order valence-corrected chi connectivity index (χ2v) is 38.2. The maximum Gasteiger partial charge on any atom is 0.0619 e. The number of fused-ring (bicyclic) bond motifs is 16. The van der Waals surface area contributed by atoms with Gasteiger partial charge in [0.2, 0.25) is 0 Å². The van der Waals surface area contributed by atoms with Gasteiger partial charge in [-0.25, -0.2) is 0 Å². The van der Waals surface area contributed by atoms with E-state index in [1.807, 2.05) is 18.2 Å². The van der Waals surface area contributed by atoms with Gasteiger partial charge in [-0.2, -0.15) is 0 Å². The zero-order valence-electron chi connectivity index (χ0n) is 78.8. The Morgan fingerprint density at radius 3 is 0.965 bits per heavy atom. The van der Waals surface area contributed by atoms with Crippen molar-refractivity contribution in [2.24, 2.45) is 0 Å². The van der Waals surface area contributed by atoms with Crippen LogP contribution in [0.15, 0.2) is 522 Å². The summed E-state index contributed by atoms with van der Waals surface area (Å²) in [7, 11) is 0. The minimum Gasteiger partial charge on any atom is -0.356 e. The fourth-order valence-corrected chi connectivity index (χ4v) is 22.2. The first-order valence-corrected chi connectivity index (χ1v) is 48.9. The monoisotopic (exact) mass is 1840 g/mol. The molecule has 0 saturated heterocycles. The number of nitrogens with zero attached hydrogens (tertiary/aromatic N) is 5. The van der Waals surface area contributed by atoms with Gasteiger partial charge in [-0.05, 0) is 282 Å². The highest BCUT2D eigenvalue weighted by Gasteiger charge is 2.38. The molecule has 26 rings (SSSR count). The highest BCUT2D eigenvalue weighted by Crippen LogP contribution is 2.56. The van der Waals surface area contributed by atoms with Gasteiger partial charge in [0, 0.05) is 122 Å². The summed E-state index contributed by atoms with van der Waals surface area (Å²) in [5.74, 6) is 0. The fraction of sp³-hybridized carbons (Fsp3) is 0.0519. The Balaban J connectivity index is 0.000000134. The molecule has 0 saturated carbocycles. The molecule has 22 aromatic carbocycles. The van der Waals surface area contributed by atoms with Crippen molar-refractivity contribution in [3.8, 4) is 78.1 Å². The number of anilines is 11. The Labute approximate surface area is 835 Å². The quantitative estimate of drug-likeness (QED) is 0.0985. The van der Waals surface area contributed by atoms with Crippen LogP contribution in [0, 0.1) is 0 Å². The lowest BCUT2D eigenvalue weighted by Gasteiger charge is -2.31. The van der Waals surface area contributed by atoms with Crippen LogP contribution in [-0.4, -0.2) is 9.13 Å². The molecule has 6 nitrogen and oxygen atoms in total. The molecule has 24 aromatic rings. The van der Waals surface area contributed by atoms with Gasteiger partial charge in [-0.3, -0.25) is 0 Å². The topological polar surface area (TPSA) is 31.6 Å². The van der Waals surface area contributed by atoms with Crippen LogP contribution in [-0.2, 0) is 10.8 Å². The fourth-order valence-electron chi connectivity index (χ4n) is 21.9. The van der Waals surface area contributed by atoms with Gasteiger partial charge in [0.15, 0.2) is 0 Å². The van der Waals surface area contributed by atoms with Crippen molar-refractivity contribution < 1.29 is 0 Å². The first-order chi connectivity index (χ1) is 69.4. The maximum absolute atomic E-state index is 7.09. The number of benzene rings is 22. The van der Waals surface area contributed by atoms with Crippen LogP contribution in [0.3, 0.4) is 0 Å². The summed E-state index contributed by atoms with van der Waals surface area (Å²) in [6.45, 7) is 9.35. The summed E-state index contributed by atoms with van der Waals surface area (Å²) in [4.78, 5) is 7.13. The van der Waals surface area contributed by atoms with Crippen LogP contribution in [0.1, 0.15) is 57.4 Å². The molecule has 2 aromatic heterocycles. The van der Waals surface area contributed by atoms with E-state index in [4.69, 9.17) is 11.6 Å². The molecule has 0 aliphatic heterocycles. The minimum atomic E-state index is -0.171. The van der Waals surface area contributed by atoms with Gasteiger partial charge in [0.25, 0.3) is 0 Å². The molecule has 7 heteroatoms. The van der Waals surface area contributed by atoms with Crippen LogP contribution in [0.25, 0.3) is 143 Å². The molecule has 680 valence electrons. The van der Waals surface area contributed by atoms with Crippen LogP contribution in [0.2, 0.25) is 5.02 Å². The molecule has 1 N–H and O–H groups in total. The molecule has 0 amide bonds. The van der Waals surface area contributed by atoms with Gasteiger partial charge < -0.3 is 29.2 Å². The average molecular weight is 1840 g/mol. The van der Waals surface area contributed by atoms with Crippen LogP contribution >= 0.6 is 11.6 Å². The lowest BCUT2D eigenvalue weighted by Crippen LogP contribution is -2.17. The Morgan fingerprint density at radius 1 is 0.211 bits per heavy atom. The van der Waals surface area contributed by atoms with Crippen molar-refractivity contribution >= 4 is 139 Å². The Kier molecular flexibility index (Phi) is 23.3. The molecule has 2 aliphatic carbocycles. The van der Waals surface area contributed by atoms with Crippen molar-refractivity contribution in [2.45, 2.75) is 46.0 Å². The summed E-state index contributed by atoms with van der Waals surface area (Å²) in [5, 5.41) is 13.9. The van der Waals surface area contributed by atoms with Gasteiger partial charge in [-0.1, -0.05) is 386 Å². The summed E-state index contributed by atoms with van der Waals surface area (Å²) < 4.78 is 4.93. The zero-order valence-corrected chi connectivity index (χ0v) is 79.5. The molecule has 0 fully saturated rings. The van der Waals surface area contributed by atoms with E-state index in [0.29, 0.717) is 5.02 Å². The van der Waals surface area contributed by atoms with Crippen molar-refractivity contribution in [3.63, 3.8) is 0 Å². The molecule has 2 aliphatic rings. The molecule has 0 radical (unpaired) electrons. The first kappa shape index (κ1) is 88.4. The molecule has 0 unspecified atom stereocenters. The zero-order chi connectivity index (χ0) is 94.7. The van der Waals surface area contributed by atoms with Crippen LogP contribution < -0.4 is 20.0 Å². The summed E-state index contributed by atoms with van der Waals surface area (Å²) in [5.41, 5.74) is 38.6. The number of hydrogen-bond donors (Lipinski definition) is 1. The minimum absolute atomic E-state index is 0. The summed E-state index contributed by atoms with van der Waals surface area (Å²) >= 11 is 7.09. The molecular weight excluding hydrogens is 1740 g/mol. The highest BCUT2D eigenvalue weighted by molar-refractivity contribution is 6.32. The van der Waals surface area contributed by atoms with E-state index in [2.05, 4.69) is 560 Å². The molecule has 0 bridgehead atoms. The third-order valence-corrected chi connectivity index (χ3v) is 28.7. The number of para-hydroxylation sites is 8. The van der Waals surface area contributed by atoms with Crippen molar-refractivity contribution in [3.05, 3.63) is 549 Å². The largest absolute Gasteiger partial charge is 0.356 e. The van der Waals surface area contributed by atoms with E-state index >= 15 is 0 Å². The standard InChI is InChI=1S/C67H49N3.C46H31ClN2.C21H19N.CH4/c1-67(2)62-35-21-20-34-58(62)59-39-37-54(45-63(59)67)69(52-29-14-6-15-30-52)56-41-49(40-55(44-56)68(50-25-10-4-11-26-50)51-27-12-5-13-28-51)61-42-48(46-22-8-3-9-23-46)43-64-65(61)60-38-36-47-24-18-19-33-57(47)66(60)70(64)53-31-16-7-17-32-53;47-36-27-35(28-40(31-36)48(37-18-7-2-8-19-37)38-20-9-3-10-21-38)43-29-34(32-15-5-1-6-16-32)30-44-45(43)42-26-25-33-17-13-14-24-41(33)46(42)49(44)39-22-11-4-12-23-39;1-21(2)19-11-7-6-10-17(19)18-13-12-16(14-20(18)21)22-15-8-4-3-5-9-15;/h3-45H,1-2H3;1-31H;3-14,22H,1-2H3;1H4. The number of halogens is 1. The van der Waals surface area contributed by atoms with Crippen molar-refractivity contribution in [1.82, 2.24) is 9.13 Å². The summed E-state index contributed by atoms with van der Waals surface area (Å²) in [6.07, 6.45) is 0. The predicted octanol–water partition coefficient (Wildman–Crippen LogP) is 38.3. The highest BCUT2D eigenvalue weighted by atomic mass is 35.5.